The minimum atomic E-state index is -0.326. The number of amides is 2. The average Bonchev–Trinajstić information content (AvgIpc) is 3.03. The minimum Gasteiger partial charge on any atom is -0.489 e. The predicted molar refractivity (Wildman–Crippen MR) is 107 cm³/mol. The summed E-state index contributed by atoms with van der Waals surface area (Å²) in [7, 11) is 0. The Bertz CT molecular complexity index is 1050. The van der Waals surface area contributed by atoms with Crippen molar-refractivity contribution in [3.8, 4) is 5.75 Å². The summed E-state index contributed by atoms with van der Waals surface area (Å²) in [5.74, 6) is -0.0342. The molecule has 3 aromatic rings. The highest BCUT2D eigenvalue weighted by atomic mass is 19.1. The van der Waals surface area contributed by atoms with E-state index in [1.807, 2.05) is 12.1 Å². The fourth-order valence-corrected chi connectivity index (χ4v) is 3.31. The summed E-state index contributed by atoms with van der Waals surface area (Å²) in [5.41, 5.74) is 2.82. The molecule has 6 heteroatoms. The zero-order valence-corrected chi connectivity index (χ0v) is 15.5. The van der Waals surface area contributed by atoms with Crippen LogP contribution in [0.15, 0.2) is 72.8 Å². The molecule has 1 unspecified atom stereocenters. The van der Waals surface area contributed by atoms with Gasteiger partial charge in [-0.2, -0.15) is 0 Å². The zero-order chi connectivity index (χ0) is 20.2. The SMILES string of the molecule is O=C(CC1NC(=O)c2ccccc21)Nc1ccc(OCc2cccc(F)c2)cc1. The zero-order valence-electron chi connectivity index (χ0n) is 15.5. The van der Waals surface area contributed by atoms with Gasteiger partial charge in [0.05, 0.1) is 12.5 Å². The Hall–Kier alpha value is -3.67. The Kier molecular flexibility index (Phi) is 5.24. The number of carbonyl (C=O) groups excluding carboxylic acids is 2. The third-order valence-electron chi connectivity index (χ3n) is 4.71. The van der Waals surface area contributed by atoms with Crippen LogP contribution in [0, 0.1) is 5.82 Å². The lowest BCUT2D eigenvalue weighted by molar-refractivity contribution is -0.116. The molecule has 0 aliphatic carbocycles. The molecule has 5 nitrogen and oxygen atoms in total. The summed E-state index contributed by atoms with van der Waals surface area (Å²) in [5, 5.41) is 5.66. The Morgan fingerprint density at radius 3 is 2.62 bits per heavy atom. The molecular weight excluding hydrogens is 371 g/mol. The number of rotatable bonds is 6. The van der Waals surface area contributed by atoms with Crippen LogP contribution >= 0.6 is 0 Å². The lowest BCUT2D eigenvalue weighted by atomic mass is 10.0. The van der Waals surface area contributed by atoms with E-state index in [1.165, 1.54) is 12.1 Å². The minimum absolute atomic E-state index is 0.153. The molecule has 1 heterocycles. The first-order valence-corrected chi connectivity index (χ1v) is 9.25. The molecule has 1 aliphatic heterocycles. The Labute approximate surface area is 167 Å². The molecule has 0 aromatic heterocycles. The maximum atomic E-state index is 13.2. The summed E-state index contributed by atoms with van der Waals surface area (Å²) in [6.07, 6.45) is 0.153. The van der Waals surface area contributed by atoms with Gasteiger partial charge in [0.15, 0.2) is 0 Å². The second-order valence-electron chi connectivity index (χ2n) is 6.81. The first kappa shape index (κ1) is 18.7. The molecule has 146 valence electrons. The fourth-order valence-electron chi connectivity index (χ4n) is 3.31. The van der Waals surface area contributed by atoms with Crippen LogP contribution in [-0.2, 0) is 11.4 Å². The molecule has 0 saturated heterocycles. The molecule has 0 bridgehead atoms. The van der Waals surface area contributed by atoms with E-state index in [0.29, 0.717) is 17.0 Å². The first-order valence-electron chi connectivity index (χ1n) is 9.25. The van der Waals surface area contributed by atoms with E-state index in [4.69, 9.17) is 4.74 Å². The molecule has 2 amide bonds. The van der Waals surface area contributed by atoms with Crippen molar-refractivity contribution in [3.63, 3.8) is 0 Å². The van der Waals surface area contributed by atoms with Crippen molar-refractivity contribution in [1.82, 2.24) is 5.32 Å². The second-order valence-corrected chi connectivity index (χ2v) is 6.81. The van der Waals surface area contributed by atoms with Gasteiger partial charge >= 0.3 is 0 Å². The Balaban J connectivity index is 1.32. The predicted octanol–water partition coefficient (Wildman–Crippen LogP) is 4.22. The van der Waals surface area contributed by atoms with E-state index in [9.17, 15) is 14.0 Å². The van der Waals surface area contributed by atoms with Crippen LogP contribution < -0.4 is 15.4 Å². The number of carbonyl (C=O) groups is 2. The van der Waals surface area contributed by atoms with Crippen molar-refractivity contribution in [3.05, 3.63) is 95.3 Å². The number of benzene rings is 3. The van der Waals surface area contributed by atoms with Crippen LogP contribution in [0.25, 0.3) is 0 Å². The lowest BCUT2D eigenvalue weighted by Gasteiger charge is -2.12. The van der Waals surface area contributed by atoms with Crippen LogP contribution in [0.3, 0.4) is 0 Å². The highest BCUT2D eigenvalue weighted by Gasteiger charge is 2.29. The molecular formula is C23H19FN2O3. The average molecular weight is 390 g/mol. The maximum Gasteiger partial charge on any atom is 0.252 e. The Morgan fingerprint density at radius 1 is 1.03 bits per heavy atom. The van der Waals surface area contributed by atoms with E-state index in [2.05, 4.69) is 10.6 Å². The van der Waals surface area contributed by atoms with E-state index in [-0.39, 0.29) is 36.7 Å². The number of hydrogen-bond acceptors (Lipinski definition) is 3. The number of nitrogens with one attached hydrogen (secondary N) is 2. The number of anilines is 1. The van der Waals surface area contributed by atoms with Gasteiger partial charge in [0.1, 0.15) is 18.2 Å². The summed E-state index contributed by atoms with van der Waals surface area (Å²) in [6.45, 7) is 0.254. The van der Waals surface area contributed by atoms with Gasteiger partial charge in [-0.15, -0.1) is 0 Å². The molecule has 2 N–H and O–H groups in total. The first-order chi connectivity index (χ1) is 14.1. The van der Waals surface area contributed by atoms with Gasteiger partial charge in [0, 0.05) is 11.3 Å². The molecule has 4 rings (SSSR count). The van der Waals surface area contributed by atoms with E-state index in [0.717, 1.165) is 11.1 Å². The van der Waals surface area contributed by atoms with Crippen molar-refractivity contribution in [1.29, 1.82) is 0 Å². The van der Waals surface area contributed by atoms with Gasteiger partial charge < -0.3 is 15.4 Å². The monoisotopic (exact) mass is 390 g/mol. The van der Waals surface area contributed by atoms with Crippen molar-refractivity contribution in [2.45, 2.75) is 19.1 Å². The smallest absolute Gasteiger partial charge is 0.252 e. The molecule has 1 aliphatic rings. The van der Waals surface area contributed by atoms with Crippen molar-refractivity contribution in [2.24, 2.45) is 0 Å². The number of halogens is 1. The highest BCUT2D eigenvalue weighted by Crippen LogP contribution is 2.28. The summed E-state index contributed by atoms with van der Waals surface area (Å²) in [6, 6.07) is 20.1. The van der Waals surface area contributed by atoms with E-state index in [1.54, 1.807) is 48.5 Å². The number of hydrogen-bond donors (Lipinski definition) is 2. The molecule has 0 fully saturated rings. The molecule has 1 atom stereocenters. The van der Waals surface area contributed by atoms with Crippen LogP contribution in [0.5, 0.6) is 5.75 Å². The normalized spacial score (nSPS) is 14.8. The van der Waals surface area contributed by atoms with Gasteiger partial charge in [-0.1, -0.05) is 30.3 Å². The lowest BCUT2D eigenvalue weighted by Crippen LogP contribution is -2.24. The van der Waals surface area contributed by atoms with E-state index >= 15 is 0 Å². The summed E-state index contributed by atoms with van der Waals surface area (Å²) < 4.78 is 18.8. The van der Waals surface area contributed by atoms with Gasteiger partial charge in [0.25, 0.3) is 5.91 Å². The van der Waals surface area contributed by atoms with Gasteiger partial charge in [-0.05, 0) is 53.6 Å². The molecule has 0 saturated carbocycles. The van der Waals surface area contributed by atoms with Gasteiger partial charge in [-0.3, -0.25) is 9.59 Å². The standard InChI is InChI=1S/C23H19FN2O3/c24-16-5-3-4-15(12-16)14-29-18-10-8-17(9-11-18)25-22(27)13-21-19-6-1-2-7-20(19)23(28)26-21/h1-12,21H,13-14H2,(H,25,27)(H,26,28). The van der Waals surface area contributed by atoms with Crippen LogP contribution in [0.2, 0.25) is 0 Å². The largest absolute Gasteiger partial charge is 0.489 e. The second kappa shape index (κ2) is 8.14. The van der Waals surface area contributed by atoms with Crippen LogP contribution in [0.1, 0.15) is 33.9 Å². The molecule has 3 aromatic carbocycles. The third kappa shape index (κ3) is 4.43. The van der Waals surface area contributed by atoms with Crippen LogP contribution in [-0.4, -0.2) is 11.8 Å². The van der Waals surface area contributed by atoms with Crippen LogP contribution in [0.4, 0.5) is 10.1 Å². The van der Waals surface area contributed by atoms with Gasteiger partial charge in [0.2, 0.25) is 5.91 Å². The molecule has 0 spiro atoms. The number of ether oxygens (including phenoxy) is 1. The van der Waals surface area contributed by atoms with Gasteiger partial charge in [-0.25, -0.2) is 4.39 Å². The molecule has 0 radical (unpaired) electrons. The third-order valence-corrected chi connectivity index (χ3v) is 4.71. The fraction of sp³-hybridized carbons (Fsp3) is 0.130. The molecule has 29 heavy (non-hydrogen) atoms. The Morgan fingerprint density at radius 2 is 1.83 bits per heavy atom. The highest BCUT2D eigenvalue weighted by molar-refractivity contribution is 6.00. The van der Waals surface area contributed by atoms with Crippen molar-refractivity contribution < 1.29 is 18.7 Å². The topological polar surface area (TPSA) is 67.4 Å². The quantitative estimate of drug-likeness (QED) is 0.662. The van der Waals surface area contributed by atoms with Crippen molar-refractivity contribution >= 4 is 17.5 Å². The number of fused-ring (bicyclic) bond motifs is 1. The van der Waals surface area contributed by atoms with Crippen molar-refractivity contribution in [2.75, 3.05) is 5.32 Å². The summed E-state index contributed by atoms with van der Waals surface area (Å²) in [4.78, 5) is 24.3. The summed E-state index contributed by atoms with van der Waals surface area (Å²) >= 11 is 0. The maximum absolute atomic E-state index is 13.2. The van der Waals surface area contributed by atoms with E-state index < -0.39 is 0 Å².